The Balaban J connectivity index is 1.94. The summed E-state index contributed by atoms with van der Waals surface area (Å²) in [5.74, 6) is 1.31. The third kappa shape index (κ3) is 3.19. The zero-order valence-electron chi connectivity index (χ0n) is 10.6. The molecule has 6 nitrogen and oxygen atoms in total. The molecule has 2 aromatic heterocycles. The molecule has 2 heterocycles. The first-order valence-electron chi connectivity index (χ1n) is 6.00. The summed E-state index contributed by atoms with van der Waals surface area (Å²) in [7, 11) is 0. The van der Waals surface area contributed by atoms with E-state index in [-0.39, 0.29) is 5.56 Å². The molecule has 0 spiro atoms. The SMILES string of the molecule is CCc1nc(NCCn2cc(C)cn2)cc(=O)[nH]1. The zero-order chi connectivity index (χ0) is 13.0. The van der Waals surface area contributed by atoms with Crippen molar-refractivity contribution in [3.05, 3.63) is 40.2 Å². The van der Waals surface area contributed by atoms with E-state index in [0.717, 1.165) is 12.1 Å². The first kappa shape index (κ1) is 12.3. The molecule has 0 saturated heterocycles. The Bertz CT molecular complexity index is 572. The highest BCUT2D eigenvalue weighted by molar-refractivity contribution is 5.32. The lowest BCUT2D eigenvalue weighted by Crippen LogP contribution is -2.16. The minimum absolute atomic E-state index is 0.126. The molecule has 0 radical (unpaired) electrons. The topological polar surface area (TPSA) is 75.6 Å². The van der Waals surface area contributed by atoms with Gasteiger partial charge in [0.05, 0.1) is 12.7 Å². The van der Waals surface area contributed by atoms with Crippen LogP contribution in [0.5, 0.6) is 0 Å². The summed E-state index contributed by atoms with van der Waals surface area (Å²) < 4.78 is 1.86. The molecule has 2 aromatic rings. The molecule has 0 atom stereocenters. The van der Waals surface area contributed by atoms with Gasteiger partial charge in [0, 0.05) is 25.2 Å². The second kappa shape index (κ2) is 5.48. The van der Waals surface area contributed by atoms with Gasteiger partial charge in [0.2, 0.25) is 0 Å². The summed E-state index contributed by atoms with van der Waals surface area (Å²) in [6, 6.07) is 1.47. The van der Waals surface area contributed by atoms with E-state index in [1.807, 2.05) is 30.9 Å². The quantitative estimate of drug-likeness (QED) is 0.824. The summed E-state index contributed by atoms with van der Waals surface area (Å²) in [4.78, 5) is 18.3. The van der Waals surface area contributed by atoms with Crippen LogP contribution in [-0.2, 0) is 13.0 Å². The van der Waals surface area contributed by atoms with Gasteiger partial charge < -0.3 is 10.3 Å². The molecular weight excluding hydrogens is 230 g/mol. The van der Waals surface area contributed by atoms with Crippen molar-refractivity contribution in [3.8, 4) is 0 Å². The fourth-order valence-corrected chi connectivity index (χ4v) is 1.65. The third-order valence-corrected chi connectivity index (χ3v) is 2.53. The maximum Gasteiger partial charge on any atom is 0.252 e. The average Bonchev–Trinajstić information content (AvgIpc) is 2.74. The number of rotatable bonds is 5. The van der Waals surface area contributed by atoms with Crippen LogP contribution in [0, 0.1) is 6.92 Å². The van der Waals surface area contributed by atoms with Crippen molar-refractivity contribution >= 4 is 5.82 Å². The molecule has 2 rings (SSSR count). The molecule has 18 heavy (non-hydrogen) atoms. The lowest BCUT2D eigenvalue weighted by Gasteiger charge is -2.06. The summed E-state index contributed by atoms with van der Waals surface area (Å²) in [5.41, 5.74) is 1.01. The summed E-state index contributed by atoms with van der Waals surface area (Å²) in [6.07, 6.45) is 4.51. The summed E-state index contributed by atoms with van der Waals surface area (Å²) in [6.45, 7) is 5.38. The van der Waals surface area contributed by atoms with E-state index in [2.05, 4.69) is 20.4 Å². The van der Waals surface area contributed by atoms with Gasteiger partial charge in [-0.25, -0.2) is 4.98 Å². The molecule has 96 valence electrons. The Morgan fingerprint density at radius 1 is 1.50 bits per heavy atom. The maximum atomic E-state index is 11.4. The molecule has 0 unspecified atom stereocenters. The first-order chi connectivity index (χ1) is 8.67. The van der Waals surface area contributed by atoms with Crippen molar-refractivity contribution in [2.75, 3.05) is 11.9 Å². The number of aromatic nitrogens is 4. The molecule has 6 heteroatoms. The number of anilines is 1. The van der Waals surface area contributed by atoms with E-state index >= 15 is 0 Å². The molecule has 0 aromatic carbocycles. The van der Waals surface area contributed by atoms with Crippen LogP contribution in [0.3, 0.4) is 0 Å². The number of hydrogen-bond donors (Lipinski definition) is 2. The molecule has 0 aliphatic heterocycles. The molecule has 0 amide bonds. The van der Waals surface area contributed by atoms with Gasteiger partial charge in [-0.2, -0.15) is 5.10 Å². The lowest BCUT2D eigenvalue weighted by atomic mass is 10.4. The molecule has 0 bridgehead atoms. The highest BCUT2D eigenvalue weighted by Crippen LogP contribution is 1.99. The number of H-pyrrole nitrogens is 1. The van der Waals surface area contributed by atoms with Crippen molar-refractivity contribution in [2.24, 2.45) is 0 Å². The predicted octanol–water partition coefficient (Wildman–Crippen LogP) is 0.949. The van der Waals surface area contributed by atoms with Crippen LogP contribution in [0.4, 0.5) is 5.82 Å². The van der Waals surface area contributed by atoms with Crippen LogP contribution in [-0.4, -0.2) is 26.3 Å². The zero-order valence-corrected chi connectivity index (χ0v) is 10.6. The Labute approximate surface area is 105 Å². The number of aryl methyl sites for hydroxylation is 2. The van der Waals surface area contributed by atoms with Crippen LogP contribution in [0.15, 0.2) is 23.3 Å². The summed E-state index contributed by atoms with van der Waals surface area (Å²) >= 11 is 0. The fourth-order valence-electron chi connectivity index (χ4n) is 1.65. The minimum atomic E-state index is -0.126. The predicted molar refractivity (Wildman–Crippen MR) is 69.7 cm³/mol. The largest absolute Gasteiger partial charge is 0.368 e. The lowest BCUT2D eigenvalue weighted by molar-refractivity contribution is 0.636. The Kier molecular flexibility index (Phi) is 3.76. The number of aromatic amines is 1. The number of nitrogens with one attached hydrogen (secondary N) is 2. The number of hydrogen-bond acceptors (Lipinski definition) is 4. The second-order valence-electron chi connectivity index (χ2n) is 4.14. The van der Waals surface area contributed by atoms with Crippen molar-refractivity contribution in [1.82, 2.24) is 19.7 Å². The van der Waals surface area contributed by atoms with Crippen LogP contribution in [0.2, 0.25) is 0 Å². The van der Waals surface area contributed by atoms with Gasteiger partial charge in [-0.3, -0.25) is 9.48 Å². The standard InChI is InChI=1S/C12H17N5O/c1-3-10-15-11(6-12(18)16-10)13-4-5-17-8-9(2)7-14-17/h6-8H,3-5H2,1-2H3,(H2,13,15,16,18). The molecule has 0 fully saturated rings. The Morgan fingerprint density at radius 3 is 3.00 bits per heavy atom. The van der Waals surface area contributed by atoms with Crippen molar-refractivity contribution < 1.29 is 0 Å². The van der Waals surface area contributed by atoms with E-state index in [4.69, 9.17) is 0 Å². The van der Waals surface area contributed by atoms with Crippen LogP contribution >= 0.6 is 0 Å². The van der Waals surface area contributed by atoms with Gasteiger partial charge in [-0.1, -0.05) is 6.92 Å². The normalized spacial score (nSPS) is 10.6. The molecule has 0 aliphatic rings. The molecule has 0 aliphatic carbocycles. The second-order valence-corrected chi connectivity index (χ2v) is 4.14. The van der Waals surface area contributed by atoms with Crippen molar-refractivity contribution in [3.63, 3.8) is 0 Å². The Hall–Kier alpha value is -2.11. The van der Waals surface area contributed by atoms with E-state index in [9.17, 15) is 4.79 Å². The Morgan fingerprint density at radius 2 is 2.33 bits per heavy atom. The number of nitrogens with zero attached hydrogens (tertiary/aromatic N) is 3. The van der Waals surface area contributed by atoms with E-state index < -0.39 is 0 Å². The van der Waals surface area contributed by atoms with E-state index in [1.54, 1.807) is 0 Å². The molecule has 0 saturated carbocycles. The van der Waals surface area contributed by atoms with Gasteiger partial charge in [0.15, 0.2) is 0 Å². The third-order valence-electron chi connectivity index (χ3n) is 2.53. The molecular formula is C12H17N5O. The van der Waals surface area contributed by atoms with Gasteiger partial charge in [0.1, 0.15) is 11.6 Å². The average molecular weight is 247 g/mol. The van der Waals surface area contributed by atoms with E-state index in [0.29, 0.717) is 24.6 Å². The highest BCUT2D eigenvalue weighted by Gasteiger charge is 1.99. The summed E-state index contributed by atoms with van der Waals surface area (Å²) in [5, 5.41) is 7.31. The van der Waals surface area contributed by atoms with Crippen LogP contribution < -0.4 is 10.9 Å². The van der Waals surface area contributed by atoms with E-state index in [1.165, 1.54) is 6.07 Å². The van der Waals surface area contributed by atoms with Gasteiger partial charge in [0.25, 0.3) is 5.56 Å². The maximum absolute atomic E-state index is 11.4. The van der Waals surface area contributed by atoms with Crippen molar-refractivity contribution in [2.45, 2.75) is 26.8 Å². The monoisotopic (exact) mass is 247 g/mol. The van der Waals surface area contributed by atoms with Crippen LogP contribution in [0.25, 0.3) is 0 Å². The fraction of sp³-hybridized carbons (Fsp3) is 0.417. The first-order valence-corrected chi connectivity index (χ1v) is 6.00. The van der Waals surface area contributed by atoms with Gasteiger partial charge in [-0.15, -0.1) is 0 Å². The highest BCUT2D eigenvalue weighted by atomic mass is 16.1. The van der Waals surface area contributed by atoms with Crippen LogP contribution in [0.1, 0.15) is 18.3 Å². The smallest absolute Gasteiger partial charge is 0.252 e. The molecule has 2 N–H and O–H groups in total. The van der Waals surface area contributed by atoms with Gasteiger partial charge in [-0.05, 0) is 12.5 Å². The minimum Gasteiger partial charge on any atom is -0.368 e. The van der Waals surface area contributed by atoms with Gasteiger partial charge >= 0.3 is 0 Å². The van der Waals surface area contributed by atoms with Crippen molar-refractivity contribution in [1.29, 1.82) is 0 Å².